The van der Waals surface area contributed by atoms with Crippen molar-refractivity contribution in [2.24, 2.45) is 0 Å². The van der Waals surface area contributed by atoms with Gasteiger partial charge in [0.1, 0.15) is 5.75 Å². The smallest absolute Gasteiger partial charge is 0.340 e. The van der Waals surface area contributed by atoms with E-state index in [4.69, 9.17) is 9.47 Å². The third kappa shape index (κ3) is 3.22. The number of ether oxygens (including phenoxy) is 2. The van der Waals surface area contributed by atoms with Crippen LogP contribution < -0.4 is 4.74 Å². The Morgan fingerprint density at radius 1 is 0.929 bits per heavy atom. The maximum atomic E-state index is 12.2. The summed E-state index contributed by atoms with van der Waals surface area (Å²) in [6.07, 6.45) is 1.72. The van der Waals surface area contributed by atoms with Crippen LogP contribution in [0.25, 0.3) is 22.0 Å². The number of methoxy groups -OCH3 is 2. The first-order valence-electron chi connectivity index (χ1n) is 8.96. The van der Waals surface area contributed by atoms with Gasteiger partial charge in [-0.25, -0.2) is 4.79 Å². The minimum Gasteiger partial charge on any atom is -0.496 e. The number of carbonyl (C=O) groups is 1. The highest BCUT2D eigenvalue weighted by atomic mass is 16.5. The number of hydrogen-bond donors (Lipinski definition) is 0. The SMILES string of the molecule is COC(=O)c1ccc(OC)c2cnn(Cc3ccc(-c4ccccc4)cc3)c12. The summed E-state index contributed by atoms with van der Waals surface area (Å²) in [5.41, 5.74) is 4.60. The van der Waals surface area contributed by atoms with E-state index in [1.807, 2.05) is 22.9 Å². The highest BCUT2D eigenvalue weighted by molar-refractivity contribution is 6.04. The minimum atomic E-state index is -0.395. The number of carbonyl (C=O) groups excluding carboxylic acids is 1. The molecule has 0 spiro atoms. The van der Waals surface area contributed by atoms with E-state index in [9.17, 15) is 4.79 Å². The Bertz CT molecular complexity index is 1120. The lowest BCUT2D eigenvalue weighted by atomic mass is 10.0. The van der Waals surface area contributed by atoms with Crippen LogP contribution in [0.2, 0.25) is 0 Å². The van der Waals surface area contributed by atoms with Crippen molar-refractivity contribution in [2.75, 3.05) is 14.2 Å². The normalized spacial score (nSPS) is 10.8. The summed E-state index contributed by atoms with van der Waals surface area (Å²) in [6.45, 7) is 0.537. The quantitative estimate of drug-likeness (QED) is 0.483. The maximum Gasteiger partial charge on any atom is 0.340 e. The first-order valence-corrected chi connectivity index (χ1v) is 8.96. The van der Waals surface area contributed by atoms with Crippen LogP contribution in [-0.4, -0.2) is 30.0 Å². The Morgan fingerprint density at radius 3 is 2.32 bits per heavy atom. The number of esters is 1. The molecule has 0 atom stereocenters. The lowest BCUT2D eigenvalue weighted by Gasteiger charge is -2.10. The molecule has 0 aliphatic rings. The molecule has 0 fully saturated rings. The molecule has 0 radical (unpaired) electrons. The Morgan fingerprint density at radius 2 is 1.64 bits per heavy atom. The van der Waals surface area contributed by atoms with Crippen LogP contribution >= 0.6 is 0 Å². The van der Waals surface area contributed by atoms with Crippen LogP contribution in [-0.2, 0) is 11.3 Å². The summed E-state index contributed by atoms with van der Waals surface area (Å²) in [6, 6.07) is 22.1. The highest BCUT2D eigenvalue weighted by Gasteiger charge is 2.18. The number of aromatic nitrogens is 2. The number of hydrogen-bond acceptors (Lipinski definition) is 4. The average molecular weight is 372 g/mol. The van der Waals surface area contributed by atoms with Crippen LogP contribution in [0.3, 0.4) is 0 Å². The highest BCUT2D eigenvalue weighted by Crippen LogP contribution is 2.29. The lowest BCUT2D eigenvalue weighted by molar-refractivity contribution is 0.0602. The molecule has 0 saturated heterocycles. The van der Waals surface area contributed by atoms with Gasteiger partial charge in [0, 0.05) is 0 Å². The molecular weight excluding hydrogens is 352 g/mol. The van der Waals surface area contributed by atoms with Gasteiger partial charge in [-0.2, -0.15) is 5.10 Å². The summed E-state index contributed by atoms with van der Waals surface area (Å²) in [7, 11) is 2.98. The van der Waals surface area contributed by atoms with Gasteiger partial charge in [0.2, 0.25) is 0 Å². The Labute approximate surface area is 163 Å². The summed E-state index contributed by atoms with van der Waals surface area (Å²) in [4.78, 5) is 12.2. The van der Waals surface area contributed by atoms with Crippen molar-refractivity contribution in [1.29, 1.82) is 0 Å². The summed E-state index contributed by atoms with van der Waals surface area (Å²) >= 11 is 0. The molecule has 0 aliphatic carbocycles. The van der Waals surface area contributed by atoms with Crippen molar-refractivity contribution in [1.82, 2.24) is 9.78 Å². The van der Waals surface area contributed by atoms with E-state index in [-0.39, 0.29) is 0 Å². The molecular formula is C23H20N2O3. The zero-order valence-corrected chi connectivity index (χ0v) is 15.8. The van der Waals surface area contributed by atoms with E-state index in [0.29, 0.717) is 23.4 Å². The number of fused-ring (bicyclic) bond motifs is 1. The van der Waals surface area contributed by atoms with Crippen molar-refractivity contribution in [3.63, 3.8) is 0 Å². The maximum absolute atomic E-state index is 12.2. The Kier molecular flexibility index (Phi) is 4.81. The van der Waals surface area contributed by atoms with Gasteiger partial charge < -0.3 is 9.47 Å². The van der Waals surface area contributed by atoms with Crippen LogP contribution in [0.4, 0.5) is 0 Å². The van der Waals surface area contributed by atoms with Gasteiger partial charge in [-0.1, -0.05) is 54.6 Å². The predicted octanol–water partition coefficient (Wildman–Crippen LogP) is 4.55. The number of rotatable bonds is 5. The number of benzene rings is 3. The largest absolute Gasteiger partial charge is 0.496 e. The van der Waals surface area contributed by atoms with Gasteiger partial charge in [0.05, 0.1) is 43.4 Å². The van der Waals surface area contributed by atoms with Crippen molar-refractivity contribution < 1.29 is 14.3 Å². The number of nitrogens with zero attached hydrogens (tertiary/aromatic N) is 2. The van der Waals surface area contributed by atoms with E-state index >= 15 is 0 Å². The molecule has 140 valence electrons. The monoisotopic (exact) mass is 372 g/mol. The molecule has 0 N–H and O–H groups in total. The summed E-state index contributed by atoms with van der Waals surface area (Å²) in [5.74, 6) is 0.280. The zero-order valence-electron chi connectivity index (χ0n) is 15.8. The van der Waals surface area contributed by atoms with Crippen LogP contribution in [0.5, 0.6) is 5.75 Å². The molecule has 4 rings (SSSR count). The molecule has 0 amide bonds. The van der Waals surface area contributed by atoms with Gasteiger partial charge >= 0.3 is 5.97 Å². The Balaban J connectivity index is 1.71. The summed E-state index contributed by atoms with van der Waals surface area (Å²) in [5, 5.41) is 5.27. The van der Waals surface area contributed by atoms with Gasteiger partial charge in [-0.15, -0.1) is 0 Å². The first kappa shape index (κ1) is 17.8. The van der Waals surface area contributed by atoms with Crippen LogP contribution in [0, 0.1) is 0 Å². The van der Waals surface area contributed by atoms with E-state index in [2.05, 4.69) is 41.5 Å². The zero-order chi connectivity index (χ0) is 19.5. The molecule has 0 aliphatic heterocycles. The van der Waals surface area contributed by atoms with Gasteiger partial charge in [-0.05, 0) is 28.8 Å². The topological polar surface area (TPSA) is 53.4 Å². The minimum absolute atomic E-state index is 0.395. The fourth-order valence-electron chi connectivity index (χ4n) is 3.36. The molecule has 4 aromatic rings. The van der Waals surface area contributed by atoms with E-state index in [0.717, 1.165) is 16.5 Å². The fraction of sp³-hybridized carbons (Fsp3) is 0.130. The fourth-order valence-corrected chi connectivity index (χ4v) is 3.36. The van der Waals surface area contributed by atoms with E-state index < -0.39 is 5.97 Å². The third-order valence-electron chi connectivity index (χ3n) is 4.78. The van der Waals surface area contributed by atoms with Crippen LogP contribution in [0.15, 0.2) is 72.9 Å². The Hall–Kier alpha value is -3.60. The van der Waals surface area contributed by atoms with Crippen molar-refractivity contribution in [3.05, 3.63) is 84.1 Å². The average Bonchev–Trinajstić information content (AvgIpc) is 3.17. The van der Waals surface area contributed by atoms with E-state index in [1.165, 1.54) is 12.7 Å². The van der Waals surface area contributed by atoms with Gasteiger partial charge in [0.15, 0.2) is 0 Å². The predicted molar refractivity (Wildman–Crippen MR) is 109 cm³/mol. The molecule has 3 aromatic carbocycles. The van der Waals surface area contributed by atoms with Crippen LogP contribution in [0.1, 0.15) is 15.9 Å². The molecule has 1 heterocycles. The molecule has 1 aromatic heterocycles. The van der Waals surface area contributed by atoms with Crippen molar-refractivity contribution >= 4 is 16.9 Å². The second-order valence-corrected chi connectivity index (χ2v) is 6.43. The second-order valence-electron chi connectivity index (χ2n) is 6.43. The summed E-state index contributed by atoms with van der Waals surface area (Å²) < 4.78 is 12.2. The molecule has 5 heteroatoms. The molecule has 0 saturated carbocycles. The molecule has 0 bridgehead atoms. The standard InChI is InChI=1S/C23H20N2O3/c1-27-21-13-12-19(23(26)28-2)22-20(21)14-24-25(22)15-16-8-10-18(11-9-16)17-6-4-3-5-7-17/h3-14H,15H2,1-2H3. The van der Waals surface area contributed by atoms with Crippen molar-refractivity contribution in [2.45, 2.75) is 6.54 Å². The molecule has 28 heavy (non-hydrogen) atoms. The second kappa shape index (κ2) is 7.56. The van der Waals surface area contributed by atoms with Gasteiger partial charge in [0.25, 0.3) is 0 Å². The molecule has 0 unspecified atom stereocenters. The first-order chi connectivity index (χ1) is 13.7. The third-order valence-corrected chi connectivity index (χ3v) is 4.78. The van der Waals surface area contributed by atoms with Crippen molar-refractivity contribution in [3.8, 4) is 16.9 Å². The lowest BCUT2D eigenvalue weighted by Crippen LogP contribution is -2.08. The van der Waals surface area contributed by atoms with E-state index in [1.54, 1.807) is 25.4 Å². The molecule has 5 nitrogen and oxygen atoms in total. The van der Waals surface area contributed by atoms with Gasteiger partial charge in [-0.3, -0.25) is 4.68 Å².